The molecule has 2 N–H and O–H groups in total. The molecule has 2 aromatic rings. The fourth-order valence-electron chi connectivity index (χ4n) is 2.42. The molecule has 0 saturated carbocycles. The van der Waals surface area contributed by atoms with Crippen LogP contribution in [-0.4, -0.2) is 29.0 Å². The number of aryl methyl sites for hydroxylation is 2. The second-order valence-electron chi connectivity index (χ2n) is 4.90. The number of benzene rings is 1. The highest BCUT2D eigenvalue weighted by Crippen LogP contribution is 2.25. The molecule has 0 amide bonds. The molecule has 8 heteroatoms. The van der Waals surface area contributed by atoms with Crippen LogP contribution < -0.4 is 4.72 Å². The van der Waals surface area contributed by atoms with Crippen molar-refractivity contribution in [1.29, 1.82) is 0 Å². The number of fused-ring (bicyclic) bond motifs is 1. The number of sulfonamides is 1. The van der Waals surface area contributed by atoms with Gasteiger partial charge < -0.3 is 0 Å². The standard InChI is InChI=1S/C12H15N5O2S/c1-8(12-13-16-17-14-12)15-20(18,19)11-6-5-9-3-2-4-10(9)7-11/h5-8,15H,2-4H2,1H3,(H,13,14,16,17). The van der Waals surface area contributed by atoms with Gasteiger partial charge in [0, 0.05) is 0 Å². The van der Waals surface area contributed by atoms with Crippen molar-refractivity contribution in [3.63, 3.8) is 0 Å². The van der Waals surface area contributed by atoms with Gasteiger partial charge >= 0.3 is 0 Å². The third-order valence-electron chi connectivity index (χ3n) is 3.46. The Morgan fingerprint density at radius 2 is 2.10 bits per heavy atom. The molecule has 1 unspecified atom stereocenters. The summed E-state index contributed by atoms with van der Waals surface area (Å²) < 4.78 is 27.2. The van der Waals surface area contributed by atoms with Crippen LogP contribution in [-0.2, 0) is 22.9 Å². The van der Waals surface area contributed by atoms with E-state index < -0.39 is 16.1 Å². The van der Waals surface area contributed by atoms with E-state index in [1.807, 2.05) is 6.07 Å². The summed E-state index contributed by atoms with van der Waals surface area (Å²) >= 11 is 0. The van der Waals surface area contributed by atoms with Crippen molar-refractivity contribution in [3.8, 4) is 0 Å². The molecular formula is C12H15N5O2S. The molecule has 1 heterocycles. The molecule has 1 atom stereocenters. The van der Waals surface area contributed by atoms with Crippen LogP contribution in [0, 0.1) is 0 Å². The van der Waals surface area contributed by atoms with Crippen LogP contribution in [0.5, 0.6) is 0 Å². The molecule has 0 spiro atoms. The van der Waals surface area contributed by atoms with Gasteiger partial charge in [-0.3, -0.25) is 0 Å². The van der Waals surface area contributed by atoms with Crippen molar-refractivity contribution in [2.45, 2.75) is 37.1 Å². The van der Waals surface area contributed by atoms with E-state index >= 15 is 0 Å². The Hall–Kier alpha value is -1.80. The van der Waals surface area contributed by atoms with E-state index in [-0.39, 0.29) is 4.90 Å². The average Bonchev–Trinajstić information content (AvgIpc) is 3.08. The second-order valence-corrected chi connectivity index (χ2v) is 6.61. The number of hydrogen-bond donors (Lipinski definition) is 2. The molecule has 0 bridgehead atoms. The first-order chi connectivity index (χ1) is 9.56. The molecule has 1 aromatic carbocycles. The summed E-state index contributed by atoms with van der Waals surface area (Å²) in [5, 5.41) is 13.3. The van der Waals surface area contributed by atoms with Gasteiger partial charge in [-0.05, 0) is 49.4 Å². The summed E-state index contributed by atoms with van der Waals surface area (Å²) in [6, 6.07) is 4.77. The first-order valence-electron chi connectivity index (χ1n) is 6.44. The zero-order valence-corrected chi connectivity index (χ0v) is 11.8. The van der Waals surface area contributed by atoms with Gasteiger partial charge in [0.1, 0.15) is 0 Å². The Labute approximate surface area is 116 Å². The van der Waals surface area contributed by atoms with Crippen molar-refractivity contribution in [2.24, 2.45) is 0 Å². The Kier molecular flexibility index (Phi) is 3.27. The van der Waals surface area contributed by atoms with Gasteiger partial charge in [0.25, 0.3) is 0 Å². The minimum atomic E-state index is -3.58. The van der Waals surface area contributed by atoms with Gasteiger partial charge in [-0.1, -0.05) is 11.3 Å². The van der Waals surface area contributed by atoms with E-state index in [1.54, 1.807) is 19.1 Å². The first-order valence-corrected chi connectivity index (χ1v) is 7.92. The van der Waals surface area contributed by atoms with E-state index in [0.717, 1.165) is 24.8 Å². The summed E-state index contributed by atoms with van der Waals surface area (Å²) in [4.78, 5) is 0.286. The highest BCUT2D eigenvalue weighted by molar-refractivity contribution is 7.89. The van der Waals surface area contributed by atoms with Crippen molar-refractivity contribution in [2.75, 3.05) is 0 Å². The highest BCUT2D eigenvalue weighted by atomic mass is 32.2. The van der Waals surface area contributed by atoms with Crippen molar-refractivity contribution >= 4 is 10.0 Å². The molecule has 7 nitrogen and oxygen atoms in total. The fraction of sp³-hybridized carbons (Fsp3) is 0.417. The number of tetrazole rings is 1. The lowest BCUT2D eigenvalue weighted by atomic mass is 10.1. The predicted molar refractivity (Wildman–Crippen MR) is 71.4 cm³/mol. The lowest BCUT2D eigenvalue weighted by Crippen LogP contribution is -2.27. The quantitative estimate of drug-likeness (QED) is 0.865. The average molecular weight is 293 g/mol. The largest absolute Gasteiger partial charge is 0.241 e. The summed E-state index contributed by atoms with van der Waals surface area (Å²) in [5.74, 6) is 0.315. The third-order valence-corrected chi connectivity index (χ3v) is 5.00. The van der Waals surface area contributed by atoms with E-state index in [1.165, 1.54) is 5.56 Å². The number of nitrogens with one attached hydrogen (secondary N) is 2. The van der Waals surface area contributed by atoms with Crippen molar-refractivity contribution in [1.82, 2.24) is 25.3 Å². The van der Waals surface area contributed by atoms with Gasteiger partial charge in [0.15, 0.2) is 5.82 Å². The summed E-state index contributed by atoms with van der Waals surface area (Å²) in [6.07, 6.45) is 3.06. The number of H-pyrrole nitrogens is 1. The number of aromatic amines is 1. The smallest absolute Gasteiger partial charge is 0.207 e. The van der Waals surface area contributed by atoms with Gasteiger partial charge in [-0.15, -0.1) is 10.2 Å². The fourth-order valence-corrected chi connectivity index (χ4v) is 3.67. The minimum Gasteiger partial charge on any atom is -0.207 e. The molecule has 106 valence electrons. The minimum absolute atomic E-state index is 0.286. The van der Waals surface area contributed by atoms with Crippen LogP contribution in [0.4, 0.5) is 0 Å². The number of hydrogen-bond acceptors (Lipinski definition) is 5. The van der Waals surface area contributed by atoms with E-state index in [0.29, 0.717) is 5.82 Å². The SMILES string of the molecule is CC(NS(=O)(=O)c1ccc2c(c1)CCC2)c1nn[nH]n1. The third kappa shape index (κ3) is 2.44. The Balaban J connectivity index is 1.85. The Morgan fingerprint density at radius 1 is 1.30 bits per heavy atom. The van der Waals surface area contributed by atoms with Gasteiger partial charge in [0.2, 0.25) is 10.0 Å². The van der Waals surface area contributed by atoms with E-state index in [9.17, 15) is 8.42 Å². The summed E-state index contributed by atoms with van der Waals surface area (Å²) in [6.45, 7) is 1.68. The summed E-state index contributed by atoms with van der Waals surface area (Å²) in [7, 11) is -3.58. The van der Waals surface area contributed by atoms with Crippen molar-refractivity contribution < 1.29 is 8.42 Å². The highest BCUT2D eigenvalue weighted by Gasteiger charge is 2.22. The van der Waals surface area contributed by atoms with Crippen molar-refractivity contribution in [3.05, 3.63) is 35.2 Å². The molecule has 0 saturated heterocycles. The van der Waals surface area contributed by atoms with Gasteiger partial charge in [-0.2, -0.15) is 5.21 Å². The van der Waals surface area contributed by atoms with Crippen LogP contribution in [0.25, 0.3) is 0 Å². The molecule has 0 fully saturated rings. The second kappa shape index (κ2) is 4.95. The van der Waals surface area contributed by atoms with Gasteiger partial charge in [0.05, 0.1) is 10.9 Å². The number of rotatable bonds is 4. The van der Waals surface area contributed by atoms with Crippen LogP contribution in [0.2, 0.25) is 0 Å². The maximum absolute atomic E-state index is 12.3. The molecule has 20 heavy (non-hydrogen) atoms. The summed E-state index contributed by atoms with van der Waals surface area (Å²) in [5.41, 5.74) is 2.37. The van der Waals surface area contributed by atoms with Crippen LogP contribution >= 0.6 is 0 Å². The molecule has 0 radical (unpaired) electrons. The van der Waals surface area contributed by atoms with E-state index in [2.05, 4.69) is 25.3 Å². The predicted octanol–water partition coefficient (Wildman–Crippen LogP) is 0.728. The molecule has 1 aromatic heterocycles. The molecule has 0 aliphatic heterocycles. The Morgan fingerprint density at radius 3 is 2.85 bits per heavy atom. The normalized spacial score (nSPS) is 16.1. The van der Waals surface area contributed by atoms with E-state index in [4.69, 9.17) is 0 Å². The zero-order valence-electron chi connectivity index (χ0n) is 11.0. The monoisotopic (exact) mass is 293 g/mol. The molecule has 1 aliphatic carbocycles. The number of nitrogens with zero attached hydrogens (tertiary/aromatic N) is 3. The maximum Gasteiger partial charge on any atom is 0.241 e. The molecule has 3 rings (SSSR count). The topological polar surface area (TPSA) is 101 Å². The zero-order chi connectivity index (χ0) is 14.2. The maximum atomic E-state index is 12.3. The Bertz CT molecular complexity index is 711. The molecule has 1 aliphatic rings. The van der Waals surface area contributed by atoms with Gasteiger partial charge in [-0.25, -0.2) is 13.1 Å². The lowest BCUT2D eigenvalue weighted by Gasteiger charge is -2.11. The lowest BCUT2D eigenvalue weighted by molar-refractivity contribution is 0.560. The molecular weight excluding hydrogens is 278 g/mol. The first kappa shape index (κ1) is 13.2. The van der Waals surface area contributed by atoms with Crippen LogP contribution in [0.15, 0.2) is 23.1 Å². The van der Waals surface area contributed by atoms with Crippen LogP contribution in [0.3, 0.4) is 0 Å². The van der Waals surface area contributed by atoms with Crippen LogP contribution in [0.1, 0.15) is 36.3 Å². The number of aromatic nitrogens is 4.